The molecule has 0 saturated carbocycles. The van der Waals surface area contributed by atoms with Crippen LogP contribution in [-0.2, 0) is 9.16 Å². The minimum absolute atomic E-state index is 0.284. The van der Waals surface area contributed by atoms with E-state index < -0.39 is 8.32 Å². The highest BCUT2D eigenvalue weighted by atomic mass is 28.4. The summed E-state index contributed by atoms with van der Waals surface area (Å²) in [6, 6.07) is 0. The van der Waals surface area contributed by atoms with E-state index in [1.54, 1.807) is 0 Å². The first-order valence-corrected chi connectivity index (χ1v) is 9.24. The molecule has 0 radical (unpaired) electrons. The molecule has 0 bridgehead atoms. The van der Waals surface area contributed by atoms with Crippen molar-refractivity contribution < 1.29 is 9.16 Å². The second-order valence-corrected chi connectivity index (χ2v) is 9.49. The van der Waals surface area contributed by atoms with Crippen molar-refractivity contribution in [2.24, 2.45) is 0 Å². The highest BCUT2D eigenvalue weighted by molar-refractivity contribution is 6.70. The van der Waals surface area contributed by atoms with E-state index in [1.807, 2.05) is 13.8 Å². The lowest BCUT2D eigenvalue weighted by Gasteiger charge is -2.26. The molecule has 0 amide bonds. The fraction of sp³-hybridized carbons (Fsp3) is 0.833. The molecule has 0 fully saturated rings. The summed E-state index contributed by atoms with van der Waals surface area (Å²) in [7, 11) is -1.56. The Balaban J connectivity index is 4.51. The zero-order valence-electron chi connectivity index (χ0n) is 11.3. The maximum atomic E-state index is 5.93. The van der Waals surface area contributed by atoms with Crippen molar-refractivity contribution in [3.63, 3.8) is 0 Å². The lowest BCUT2D eigenvalue weighted by Crippen LogP contribution is -2.27. The number of allylic oxidation sites excluding steroid dienone is 1. The average molecular weight is 230 g/mol. The summed E-state index contributed by atoms with van der Waals surface area (Å²) in [5.74, 6) is 0.753. The zero-order valence-corrected chi connectivity index (χ0v) is 12.3. The Morgan fingerprint density at radius 3 is 1.80 bits per heavy atom. The Morgan fingerprint density at radius 2 is 1.53 bits per heavy atom. The molecule has 90 valence electrons. The second kappa shape index (κ2) is 6.21. The van der Waals surface area contributed by atoms with Crippen LogP contribution in [0.3, 0.4) is 0 Å². The lowest BCUT2D eigenvalue weighted by molar-refractivity contribution is 0.0324. The molecule has 0 atom stereocenters. The van der Waals surface area contributed by atoms with E-state index in [4.69, 9.17) is 9.16 Å². The monoisotopic (exact) mass is 230 g/mol. The first kappa shape index (κ1) is 14.6. The molecule has 15 heavy (non-hydrogen) atoms. The van der Waals surface area contributed by atoms with Gasteiger partial charge in [0.2, 0.25) is 8.32 Å². The Morgan fingerprint density at radius 1 is 1.07 bits per heavy atom. The first-order chi connectivity index (χ1) is 6.80. The average Bonchev–Trinajstić information content (AvgIpc) is 2.09. The summed E-state index contributed by atoms with van der Waals surface area (Å²) in [4.78, 5) is 0. The molecule has 0 aliphatic heterocycles. The second-order valence-electron chi connectivity index (χ2n) is 5.06. The van der Waals surface area contributed by atoms with Crippen LogP contribution >= 0.6 is 0 Å². The van der Waals surface area contributed by atoms with Crippen LogP contribution in [0.1, 0.15) is 40.5 Å². The van der Waals surface area contributed by atoms with E-state index in [0.717, 1.165) is 24.4 Å². The van der Waals surface area contributed by atoms with Crippen LogP contribution in [-0.4, -0.2) is 14.4 Å². The van der Waals surface area contributed by atoms with Gasteiger partial charge in [-0.25, -0.2) is 0 Å². The van der Waals surface area contributed by atoms with Crippen molar-refractivity contribution in [2.75, 3.05) is 0 Å². The molecule has 0 saturated heterocycles. The van der Waals surface area contributed by atoms with Gasteiger partial charge in [-0.1, -0.05) is 13.8 Å². The minimum Gasteiger partial charge on any atom is -0.520 e. The highest BCUT2D eigenvalue weighted by Crippen LogP contribution is 2.19. The Bertz CT molecular complexity index is 208. The third-order valence-electron chi connectivity index (χ3n) is 1.99. The molecule has 0 unspecified atom stereocenters. The molecule has 0 heterocycles. The molecule has 0 aliphatic carbocycles. The van der Waals surface area contributed by atoms with Crippen molar-refractivity contribution in [1.82, 2.24) is 0 Å². The quantitative estimate of drug-likeness (QED) is 0.500. The predicted molar refractivity (Wildman–Crippen MR) is 68.3 cm³/mol. The van der Waals surface area contributed by atoms with Crippen LogP contribution in [0.25, 0.3) is 0 Å². The van der Waals surface area contributed by atoms with E-state index in [2.05, 4.69) is 33.5 Å². The van der Waals surface area contributed by atoms with Gasteiger partial charge in [0, 0.05) is 5.57 Å². The van der Waals surface area contributed by atoms with Gasteiger partial charge in [0.1, 0.15) is 6.10 Å². The van der Waals surface area contributed by atoms with E-state index >= 15 is 0 Å². The summed E-state index contributed by atoms with van der Waals surface area (Å²) in [5.41, 5.74) is 1.13. The summed E-state index contributed by atoms with van der Waals surface area (Å²) >= 11 is 0. The molecule has 0 rings (SSSR count). The molecule has 2 nitrogen and oxygen atoms in total. The molecular weight excluding hydrogens is 204 g/mol. The van der Waals surface area contributed by atoms with Gasteiger partial charge in [-0.05, 0) is 46.3 Å². The van der Waals surface area contributed by atoms with Gasteiger partial charge in [-0.2, -0.15) is 0 Å². The van der Waals surface area contributed by atoms with Crippen LogP contribution in [0.5, 0.6) is 0 Å². The topological polar surface area (TPSA) is 18.5 Å². The standard InChI is InChI=1S/C12H26O2Si/c1-8-11(9-2)13-12(10(3)4)14-15(5,6)7/h11H,8-9H2,1-7H3. The number of ether oxygens (including phenoxy) is 1. The van der Waals surface area contributed by atoms with Gasteiger partial charge >= 0.3 is 0 Å². The third kappa shape index (κ3) is 6.61. The largest absolute Gasteiger partial charge is 0.520 e. The van der Waals surface area contributed by atoms with Crippen LogP contribution in [0.15, 0.2) is 11.5 Å². The Hall–Kier alpha value is -0.443. The maximum Gasteiger partial charge on any atom is 0.264 e. The fourth-order valence-electron chi connectivity index (χ4n) is 1.13. The van der Waals surface area contributed by atoms with Crippen LogP contribution in [0.2, 0.25) is 19.6 Å². The van der Waals surface area contributed by atoms with Crippen molar-refractivity contribution in [1.29, 1.82) is 0 Å². The van der Waals surface area contributed by atoms with Gasteiger partial charge in [0.25, 0.3) is 5.95 Å². The predicted octanol–water partition coefficient (Wildman–Crippen LogP) is 4.29. The van der Waals surface area contributed by atoms with Crippen molar-refractivity contribution >= 4 is 8.32 Å². The number of hydrogen-bond acceptors (Lipinski definition) is 2. The highest BCUT2D eigenvalue weighted by Gasteiger charge is 2.20. The van der Waals surface area contributed by atoms with Gasteiger partial charge < -0.3 is 9.16 Å². The molecular formula is C12H26O2Si. The maximum absolute atomic E-state index is 5.93. The first-order valence-electron chi connectivity index (χ1n) is 5.83. The summed E-state index contributed by atoms with van der Waals surface area (Å²) in [5, 5.41) is 0. The number of hydrogen-bond donors (Lipinski definition) is 0. The van der Waals surface area contributed by atoms with Crippen molar-refractivity contribution in [3.8, 4) is 0 Å². The molecule has 0 aromatic carbocycles. The van der Waals surface area contributed by atoms with E-state index in [0.29, 0.717) is 0 Å². The molecule has 3 heteroatoms. The molecule has 0 aliphatic rings. The fourth-order valence-corrected chi connectivity index (χ4v) is 1.94. The number of rotatable bonds is 6. The van der Waals surface area contributed by atoms with Crippen molar-refractivity contribution in [3.05, 3.63) is 11.5 Å². The van der Waals surface area contributed by atoms with Crippen LogP contribution in [0, 0.1) is 0 Å². The Kier molecular flexibility index (Phi) is 6.02. The minimum atomic E-state index is -1.56. The molecule has 0 N–H and O–H groups in total. The summed E-state index contributed by atoms with van der Waals surface area (Å²) in [6.07, 6.45) is 2.34. The Labute approximate surface area is 95.8 Å². The lowest BCUT2D eigenvalue weighted by atomic mass is 10.2. The van der Waals surface area contributed by atoms with Gasteiger partial charge in [0.15, 0.2) is 0 Å². The van der Waals surface area contributed by atoms with Gasteiger partial charge in [-0.15, -0.1) is 0 Å². The van der Waals surface area contributed by atoms with E-state index in [9.17, 15) is 0 Å². The van der Waals surface area contributed by atoms with E-state index in [-0.39, 0.29) is 6.10 Å². The van der Waals surface area contributed by atoms with Gasteiger partial charge in [0.05, 0.1) is 0 Å². The zero-order chi connectivity index (χ0) is 12.1. The third-order valence-corrected chi connectivity index (χ3v) is 2.79. The molecule has 0 spiro atoms. The summed E-state index contributed by atoms with van der Waals surface area (Å²) in [6.45, 7) is 14.9. The van der Waals surface area contributed by atoms with E-state index in [1.165, 1.54) is 0 Å². The van der Waals surface area contributed by atoms with Crippen molar-refractivity contribution in [2.45, 2.75) is 66.3 Å². The molecule has 0 aromatic rings. The van der Waals surface area contributed by atoms with Gasteiger partial charge in [-0.3, -0.25) is 0 Å². The molecule has 0 aromatic heterocycles. The van der Waals surface area contributed by atoms with Crippen LogP contribution in [0.4, 0.5) is 0 Å². The smallest absolute Gasteiger partial charge is 0.264 e. The SMILES string of the molecule is CCC(CC)OC(O[Si](C)(C)C)=C(C)C. The van der Waals surface area contributed by atoms with Crippen LogP contribution < -0.4 is 0 Å². The summed E-state index contributed by atoms with van der Waals surface area (Å²) < 4.78 is 11.8. The normalized spacial score (nSPS) is 11.5.